The highest BCUT2D eigenvalue weighted by Gasteiger charge is 2.27. The summed E-state index contributed by atoms with van der Waals surface area (Å²) in [5.41, 5.74) is 1.18. The van der Waals surface area contributed by atoms with E-state index in [2.05, 4.69) is 5.32 Å². The van der Waals surface area contributed by atoms with E-state index >= 15 is 0 Å². The van der Waals surface area contributed by atoms with Gasteiger partial charge in [0.15, 0.2) is 11.5 Å². The van der Waals surface area contributed by atoms with Crippen LogP contribution in [0.2, 0.25) is 0 Å². The molecule has 140 valence electrons. The Hall–Kier alpha value is -2.27. The van der Waals surface area contributed by atoms with Gasteiger partial charge in [0.25, 0.3) is 0 Å². The minimum atomic E-state index is -0.194. The maximum atomic E-state index is 13.2. The van der Waals surface area contributed by atoms with Gasteiger partial charge in [0, 0.05) is 18.5 Å². The van der Waals surface area contributed by atoms with Gasteiger partial charge in [0.05, 0.1) is 6.61 Å². The molecule has 2 heterocycles. The van der Waals surface area contributed by atoms with Gasteiger partial charge in [-0.05, 0) is 48.7 Å². The molecule has 1 fully saturated rings. The third-order valence-corrected chi connectivity index (χ3v) is 4.71. The molecule has 2 atom stereocenters. The molecule has 4 nitrogen and oxygen atoms in total. The molecule has 5 heteroatoms. The quantitative estimate of drug-likeness (QED) is 0.881. The highest BCUT2D eigenvalue weighted by Crippen LogP contribution is 2.36. The largest absolute Gasteiger partial charge is 0.493 e. The van der Waals surface area contributed by atoms with Gasteiger partial charge >= 0.3 is 0 Å². The van der Waals surface area contributed by atoms with E-state index in [0.29, 0.717) is 18.4 Å². The monoisotopic (exact) mass is 359 g/mol. The number of nitrogens with one attached hydrogen (secondary N) is 1. The van der Waals surface area contributed by atoms with E-state index in [1.54, 1.807) is 0 Å². The fourth-order valence-electron chi connectivity index (χ4n) is 3.42. The van der Waals surface area contributed by atoms with Gasteiger partial charge in [-0.25, -0.2) is 4.39 Å². The second-order valence-electron chi connectivity index (χ2n) is 6.24. The normalized spacial score (nSPS) is 20.9. The molecule has 0 aliphatic carbocycles. The Kier molecular flexibility index (Phi) is 6.34. The number of rotatable bonds is 4. The molecule has 0 saturated carbocycles. The Morgan fingerprint density at radius 3 is 2.65 bits per heavy atom. The van der Waals surface area contributed by atoms with Crippen LogP contribution in [-0.2, 0) is 0 Å². The molecule has 0 radical (unpaired) electrons. The molecule has 1 saturated heterocycles. The van der Waals surface area contributed by atoms with Crippen molar-refractivity contribution in [3.8, 4) is 17.2 Å². The third kappa shape index (κ3) is 4.28. The lowest BCUT2D eigenvalue weighted by atomic mass is 9.81. The van der Waals surface area contributed by atoms with Crippen molar-refractivity contribution >= 4 is 0 Å². The fraction of sp³-hybridized carbons (Fsp3) is 0.429. The summed E-state index contributed by atoms with van der Waals surface area (Å²) in [6.07, 6.45) is 1.03. The van der Waals surface area contributed by atoms with Gasteiger partial charge in [-0.1, -0.05) is 26.0 Å². The molecule has 2 aromatic rings. The summed E-state index contributed by atoms with van der Waals surface area (Å²) in [5.74, 6) is 2.79. The molecule has 2 aliphatic rings. The number of fused-ring (bicyclic) bond motifs is 1. The topological polar surface area (TPSA) is 39.7 Å². The van der Waals surface area contributed by atoms with Crippen LogP contribution in [0.3, 0.4) is 0 Å². The van der Waals surface area contributed by atoms with Gasteiger partial charge in [-0.3, -0.25) is 0 Å². The van der Waals surface area contributed by atoms with Crippen LogP contribution in [0.4, 0.5) is 4.39 Å². The summed E-state index contributed by atoms with van der Waals surface area (Å²) in [7, 11) is 0. The molecule has 4 rings (SSSR count). The standard InChI is InChI=1S/C19H20FNO3.C2H6/c20-15-3-1-13(2-4-15)17-7-8-21-10-14(17)11-22-16-5-6-18-19(9-16)24-12-23-18;1-2/h1-6,9,14,17,21H,7-8,10-12H2;1-2H3. The summed E-state index contributed by atoms with van der Waals surface area (Å²) < 4.78 is 29.9. The summed E-state index contributed by atoms with van der Waals surface area (Å²) in [6.45, 7) is 6.74. The second kappa shape index (κ2) is 8.90. The number of hydrogen-bond acceptors (Lipinski definition) is 4. The summed E-state index contributed by atoms with van der Waals surface area (Å²) in [6, 6.07) is 12.5. The molecule has 0 amide bonds. The van der Waals surface area contributed by atoms with Crippen LogP contribution in [0.1, 0.15) is 31.7 Å². The van der Waals surface area contributed by atoms with E-state index in [-0.39, 0.29) is 12.6 Å². The van der Waals surface area contributed by atoms with E-state index in [0.717, 1.165) is 36.8 Å². The Bertz CT molecular complexity index is 705. The molecule has 2 aliphatic heterocycles. The highest BCUT2D eigenvalue weighted by molar-refractivity contribution is 5.46. The maximum Gasteiger partial charge on any atom is 0.231 e. The predicted molar refractivity (Wildman–Crippen MR) is 99.5 cm³/mol. The average Bonchev–Trinajstić information content (AvgIpc) is 3.17. The van der Waals surface area contributed by atoms with Crippen molar-refractivity contribution in [3.05, 3.63) is 53.8 Å². The van der Waals surface area contributed by atoms with E-state index in [1.165, 1.54) is 17.7 Å². The van der Waals surface area contributed by atoms with Crippen LogP contribution >= 0.6 is 0 Å². The van der Waals surface area contributed by atoms with Gasteiger partial charge in [0.1, 0.15) is 11.6 Å². The molecule has 0 spiro atoms. The summed E-state index contributed by atoms with van der Waals surface area (Å²) in [5, 5.41) is 3.43. The zero-order chi connectivity index (χ0) is 18.4. The molecule has 0 aromatic heterocycles. The van der Waals surface area contributed by atoms with Gasteiger partial charge in [-0.2, -0.15) is 0 Å². The van der Waals surface area contributed by atoms with E-state index in [4.69, 9.17) is 14.2 Å². The second-order valence-corrected chi connectivity index (χ2v) is 6.24. The number of ether oxygens (including phenoxy) is 3. The number of hydrogen-bond donors (Lipinski definition) is 1. The first-order valence-corrected chi connectivity index (χ1v) is 9.28. The van der Waals surface area contributed by atoms with Crippen molar-refractivity contribution in [3.63, 3.8) is 0 Å². The molecule has 1 N–H and O–H groups in total. The van der Waals surface area contributed by atoms with Crippen LogP contribution in [0.15, 0.2) is 42.5 Å². The minimum Gasteiger partial charge on any atom is -0.493 e. The van der Waals surface area contributed by atoms with Gasteiger partial charge in [0.2, 0.25) is 6.79 Å². The van der Waals surface area contributed by atoms with Crippen molar-refractivity contribution in [1.29, 1.82) is 0 Å². The molecular formula is C21H26FNO3. The smallest absolute Gasteiger partial charge is 0.231 e. The van der Waals surface area contributed by atoms with Crippen molar-refractivity contribution in [2.45, 2.75) is 26.2 Å². The van der Waals surface area contributed by atoms with E-state index in [1.807, 2.05) is 44.2 Å². The highest BCUT2D eigenvalue weighted by atomic mass is 19.1. The summed E-state index contributed by atoms with van der Waals surface area (Å²) in [4.78, 5) is 0. The zero-order valence-corrected chi connectivity index (χ0v) is 15.3. The predicted octanol–water partition coefficient (Wildman–Crippen LogP) is 4.35. The van der Waals surface area contributed by atoms with Crippen LogP contribution in [0, 0.1) is 11.7 Å². The van der Waals surface area contributed by atoms with Crippen molar-refractivity contribution in [2.75, 3.05) is 26.5 Å². The molecule has 2 unspecified atom stereocenters. The van der Waals surface area contributed by atoms with Crippen LogP contribution in [0.25, 0.3) is 0 Å². The Morgan fingerprint density at radius 2 is 1.85 bits per heavy atom. The number of piperidine rings is 1. The lowest BCUT2D eigenvalue weighted by molar-refractivity contribution is 0.173. The van der Waals surface area contributed by atoms with Crippen molar-refractivity contribution in [2.24, 2.45) is 5.92 Å². The summed E-state index contributed by atoms with van der Waals surface area (Å²) >= 11 is 0. The first kappa shape index (κ1) is 18.5. The SMILES string of the molecule is CC.Fc1ccc(C2CCNCC2COc2ccc3c(c2)OCO3)cc1. The first-order valence-electron chi connectivity index (χ1n) is 9.28. The fourth-order valence-corrected chi connectivity index (χ4v) is 3.42. The van der Waals surface area contributed by atoms with Crippen LogP contribution in [0.5, 0.6) is 17.2 Å². The van der Waals surface area contributed by atoms with E-state index < -0.39 is 0 Å². The average molecular weight is 359 g/mol. The van der Waals surface area contributed by atoms with Crippen LogP contribution in [-0.4, -0.2) is 26.5 Å². The molecule has 0 bridgehead atoms. The number of benzene rings is 2. The number of halogens is 1. The molecule has 26 heavy (non-hydrogen) atoms. The van der Waals surface area contributed by atoms with E-state index in [9.17, 15) is 4.39 Å². The van der Waals surface area contributed by atoms with Gasteiger partial charge < -0.3 is 19.5 Å². The Labute approximate surface area is 154 Å². The van der Waals surface area contributed by atoms with Crippen LogP contribution < -0.4 is 19.5 Å². The van der Waals surface area contributed by atoms with Gasteiger partial charge in [-0.15, -0.1) is 0 Å². The maximum absolute atomic E-state index is 13.2. The Morgan fingerprint density at radius 1 is 1.08 bits per heavy atom. The zero-order valence-electron chi connectivity index (χ0n) is 15.3. The van der Waals surface area contributed by atoms with Crippen molar-refractivity contribution in [1.82, 2.24) is 5.32 Å². The lowest BCUT2D eigenvalue weighted by Crippen LogP contribution is -2.38. The minimum absolute atomic E-state index is 0.194. The lowest BCUT2D eigenvalue weighted by Gasteiger charge is -2.32. The molecule has 2 aromatic carbocycles. The van der Waals surface area contributed by atoms with Crippen molar-refractivity contribution < 1.29 is 18.6 Å². The first-order chi connectivity index (χ1) is 12.8. The Balaban J connectivity index is 0.000000948. The molecular weight excluding hydrogens is 333 g/mol. The third-order valence-electron chi connectivity index (χ3n) is 4.71.